The summed E-state index contributed by atoms with van der Waals surface area (Å²) in [5, 5.41) is 9.30. The first-order valence-corrected chi connectivity index (χ1v) is 7.74. The molecule has 0 radical (unpaired) electrons. The molecular weight excluding hydrogens is 284 g/mol. The van der Waals surface area contributed by atoms with E-state index >= 15 is 0 Å². The van der Waals surface area contributed by atoms with Crippen molar-refractivity contribution in [2.24, 2.45) is 0 Å². The standard InChI is InChI=1S/C15H24N4O3/c1-10(20)16-13-4-14(17-11(2)21)6-15(5-13,18-12(3)22)9-19(7-13)8-14/h4-9H2,1-3H3,(H,16,20)(H,17,21)(H,18,22). The third kappa shape index (κ3) is 2.58. The molecule has 4 fully saturated rings. The van der Waals surface area contributed by atoms with Crippen molar-refractivity contribution in [1.29, 1.82) is 0 Å². The zero-order valence-corrected chi connectivity index (χ0v) is 13.4. The highest BCUT2D eigenvalue weighted by molar-refractivity contribution is 5.76. The second-order valence-electron chi connectivity index (χ2n) is 7.56. The maximum Gasteiger partial charge on any atom is 0.217 e. The summed E-state index contributed by atoms with van der Waals surface area (Å²) in [7, 11) is 0. The summed E-state index contributed by atoms with van der Waals surface area (Å²) in [6, 6.07) is 0. The van der Waals surface area contributed by atoms with Crippen LogP contribution in [0.25, 0.3) is 0 Å². The Kier molecular flexibility index (Phi) is 3.25. The highest BCUT2D eigenvalue weighted by atomic mass is 16.2. The summed E-state index contributed by atoms with van der Waals surface area (Å²) in [5.74, 6) is -0.211. The van der Waals surface area contributed by atoms with E-state index in [1.165, 1.54) is 20.8 Å². The summed E-state index contributed by atoms with van der Waals surface area (Å²) in [4.78, 5) is 37.3. The van der Waals surface area contributed by atoms with Gasteiger partial charge in [-0.25, -0.2) is 0 Å². The smallest absolute Gasteiger partial charge is 0.217 e. The van der Waals surface area contributed by atoms with E-state index in [9.17, 15) is 14.4 Å². The van der Waals surface area contributed by atoms with Gasteiger partial charge in [0.15, 0.2) is 0 Å². The minimum Gasteiger partial charge on any atom is -0.349 e. The molecule has 0 unspecified atom stereocenters. The molecule has 0 atom stereocenters. The zero-order valence-electron chi connectivity index (χ0n) is 13.4. The van der Waals surface area contributed by atoms with Gasteiger partial charge >= 0.3 is 0 Å². The maximum absolute atomic E-state index is 11.7. The second kappa shape index (κ2) is 4.68. The minimum absolute atomic E-state index is 0.0703. The molecule has 3 saturated heterocycles. The number of carbonyl (C=O) groups is 3. The van der Waals surface area contributed by atoms with Gasteiger partial charge in [-0.05, 0) is 19.3 Å². The molecule has 1 saturated carbocycles. The summed E-state index contributed by atoms with van der Waals surface area (Å²) >= 11 is 0. The first kappa shape index (κ1) is 15.3. The van der Waals surface area contributed by atoms with Gasteiger partial charge in [0.1, 0.15) is 0 Å². The largest absolute Gasteiger partial charge is 0.349 e. The Balaban J connectivity index is 1.97. The highest BCUT2D eigenvalue weighted by Crippen LogP contribution is 2.50. The molecular formula is C15H24N4O3. The predicted octanol–water partition coefficient (Wildman–Crippen LogP) is -0.876. The van der Waals surface area contributed by atoms with Gasteiger partial charge in [-0.15, -0.1) is 0 Å². The van der Waals surface area contributed by atoms with Crippen LogP contribution < -0.4 is 16.0 Å². The van der Waals surface area contributed by atoms with Crippen LogP contribution in [0.3, 0.4) is 0 Å². The van der Waals surface area contributed by atoms with Crippen molar-refractivity contribution in [3.63, 3.8) is 0 Å². The van der Waals surface area contributed by atoms with Gasteiger partial charge in [-0.3, -0.25) is 19.3 Å². The fourth-order valence-corrected chi connectivity index (χ4v) is 5.42. The number of hydrogen-bond donors (Lipinski definition) is 3. The third-order valence-corrected chi connectivity index (χ3v) is 4.93. The van der Waals surface area contributed by atoms with Crippen LogP contribution in [0.2, 0.25) is 0 Å². The molecule has 3 amide bonds. The van der Waals surface area contributed by atoms with Gasteiger partial charge in [0.25, 0.3) is 0 Å². The number of piperidine rings is 3. The van der Waals surface area contributed by atoms with E-state index < -0.39 is 0 Å². The molecule has 7 nitrogen and oxygen atoms in total. The van der Waals surface area contributed by atoms with E-state index in [2.05, 4.69) is 20.9 Å². The molecule has 4 rings (SSSR count). The van der Waals surface area contributed by atoms with Crippen molar-refractivity contribution in [2.45, 2.75) is 56.7 Å². The average molecular weight is 308 g/mol. The number of carbonyl (C=O) groups excluding carboxylic acids is 3. The van der Waals surface area contributed by atoms with E-state index in [1.807, 2.05) is 0 Å². The van der Waals surface area contributed by atoms with Gasteiger partial charge in [0.2, 0.25) is 17.7 Å². The quantitative estimate of drug-likeness (QED) is 0.632. The Morgan fingerprint density at radius 3 is 1.18 bits per heavy atom. The lowest BCUT2D eigenvalue weighted by atomic mass is 9.56. The number of rotatable bonds is 3. The van der Waals surface area contributed by atoms with Crippen molar-refractivity contribution in [2.75, 3.05) is 19.6 Å². The van der Waals surface area contributed by atoms with Crippen molar-refractivity contribution in [3.8, 4) is 0 Å². The fourth-order valence-electron chi connectivity index (χ4n) is 5.42. The van der Waals surface area contributed by atoms with Crippen LogP contribution in [-0.2, 0) is 14.4 Å². The number of amides is 3. The Labute approximate surface area is 130 Å². The number of hydrogen-bond acceptors (Lipinski definition) is 4. The van der Waals surface area contributed by atoms with Crippen LogP contribution in [0.15, 0.2) is 0 Å². The first-order valence-electron chi connectivity index (χ1n) is 7.74. The molecule has 3 aliphatic heterocycles. The van der Waals surface area contributed by atoms with Gasteiger partial charge in [0.05, 0.1) is 16.6 Å². The Morgan fingerprint density at radius 1 is 0.682 bits per heavy atom. The van der Waals surface area contributed by atoms with E-state index in [4.69, 9.17) is 0 Å². The minimum atomic E-state index is -0.383. The lowest BCUT2D eigenvalue weighted by Gasteiger charge is -2.67. The predicted molar refractivity (Wildman–Crippen MR) is 79.9 cm³/mol. The van der Waals surface area contributed by atoms with Crippen molar-refractivity contribution < 1.29 is 14.4 Å². The van der Waals surface area contributed by atoms with E-state index in [0.29, 0.717) is 0 Å². The van der Waals surface area contributed by atoms with Crippen LogP contribution in [-0.4, -0.2) is 58.9 Å². The molecule has 7 heteroatoms. The second-order valence-corrected chi connectivity index (χ2v) is 7.56. The zero-order chi connectivity index (χ0) is 16.2. The first-order chi connectivity index (χ1) is 10.2. The maximum atomic E-state index is 11.7. The third-order valence-electron chi connectivity index (χ3n) is 4.93. The molecule has 0 aromatic heterocycles. The van der Waals surface area contributed by atoms with Gasteiger partial charge in [-0.2, -0.15) is 0 Å². The lowest BCUT2D eigenvalue weighted by Crippen LogP contribution is -2.84. The van der Waals surface area contributed by atoms with Gasteiger partial charge in [-0.1, -0.05) is 0 Å². The Hall–Kier alpha value is -1.63. The molecule has 4 aliphatic rings. The summed E-state index contributed by atoms with van der Waals surface area (Å²) in [6.45, 7) is 6.87. The topological polar surface area (TPSA) is 90.5 Å². The van der Waals surface area contributed by atoms with E-state index in [-0.39, 0.29) is 34.3 Å². The van der Waals surface area contributed by atoms with E-state index in [1.54, 1.807) is 0 Å². The van der Waals surface area contributed by atoms with Crippen LogP contribution in [0.1, 0.15) is 40.0 Å². The molecule has 0 spiro atoms. The molecule has 22 heavy (non-hydrogen) atoms. The van der Waals surface area contributed by atoms with E-state index in [0.717, 1.165) is 38.9 Å². The van der Waals surface area contributed by atoms with Gasteiger partial charge in [0, 0.05) is 40.4 Å². The molecule has 1 aliphatic carbocycles. The SMILES string of the molecule is CC(=O)NC12CN3CC(NC(C)=O)(C1)CC(NC(C)=O)(C3)C2. The van der Waals surface area contributed by atoms with Crippen molar-refractivity contribution >= 4 is 17.7 Å². The number of nitrogens with one attached hydrogen (secondary N) is 3. The molecule has 4 bridgehead atoms. The highest BCUT2D eigenvalue weighted by Gasteiger charge is 2.64. The van der Waals surface area contributed by atoms with Gasteiger partial charge < -0.3 is 16.0 Å². The number of nitrogens with zero attached hydrogens (tertiary/aromatic N) is 1. The lowest BCUT2D eigenvalue weighted by molar-refractivity contribution is -0.142. The molecule has 0 aromatic carbocycles. The van der Waals surface area contributed by atoms with Crippen LogP contribution in [0.4, 0.5) is 0 Å². The van der Waals surface area contributed by atoms with Crippen molar-refractivity contribution in [1.82, 2.24) is 20.9 Å². The van der Waals surface area contributed by atoms with Crippen LogP contribution >= 0.6 is 0 Å². The fraction of sp³-hybridized carbons (Fsp3) is 0.800. The Bertz CT molecular complexity index is 463. The van der Waals surface area contributed by atoms with Crippen LogP contribution in [0.5, 0.6) is 0 Å². The Morgan fingerprint density at radius 2 is 0.955 bits per heavy atom. The monoisotopic (exact) mass is 308 g/mol. The van der Waals surface area contributed by atoms with Crippen molar-refractivity contribution in [3.05, 3.63) is 0 Å². The molecule has 3 heterocycles. The van der Waals surface area contributed by atoms with Crippen LogP contribution in [0, 0.1) is 0 Å². The summed E-state index contributed by atoms with van der Waals surface area (Å²) < 4.78 is 0. The summed E-state index contributed by atoms with van der Waals surface area (Å²) in [6.07, 6.45) is 2.16. The normalized spacial score (nSPS) is 41.9. The molecule has 0 aromatic rings. The molecule has 122 valence electrons. The summed E-state index contributed by atoms with van der Waals surface area (Å²) in [5.41, 5.74) is -1.15. The molecule has 3 N–H and O–H groups in total. The average Bonchev–Trinajstić information content (AvgIpc) is 2.19.